The molecule has 3 atom stereocenters. The van der Waals surface area contributed by atoms with E-state index in [0.717, 1.165) is 67.9 Å². The number of hydrogen-bond donors (Lipinski definition) is 1. The number of piperidine rings is 2. The summed E-state index contributed by atoms with van der Waals surface area (Å²) < 4.78 is 2.22. The minimum Gasteiger partial charge on any atom is -0.335 e. The highest BCUT2D eigenvalue weighted by atomic mass is 35.5. The Morgan fingerprint density at radius 2 is 1.27 bits per heavy atom. The molecule has 3 unspecified atom stereocenters. The average Bonchev–Trinajstić information content (AvgIpc) is 3.82. The molecule has 330 valence electrons. The number of allylic oxidation sites excluding steroid dienone is 3. The van der Waals surface area contributed by atoms with Crippen molar-refractivity contribution in [2.75, 3.05) is 33.2 Å². The molecule has 2 aliphatic carbocycles. The molecule has 5 aromatic rings. The van der Waals surface area contributed by atoms with Crippen LogP contribution in [-0.4, -0.2) is 63.4 Å². The molecular weight excluding hydrogens is 818 g/mol. The standard InChI is InChI=1S/C26H29ClN4.C26H28ClN3.2CH4/c1-18-28-11-15-31(18)14-9-20-16-21-4-3-10-29-26(21)25(19-7-12-30(2)13-8-19)23-6-5-22(27)17-24(20)23;1-17-18(10-14-29-17)4-5-20-15-21-3-2-11-30-26(21)25(19-8-12-28-13-9-19)23-7-6-22(27)16-24(20)23;;/h3-6,10-11,15-17,19,25H,7-9,12-14H2,1-2H3;2-3,6-7,10-11,14-16,18-19,25,28H,4-5,8-9,12-13H2,1H3;2*1H4. The third-order valence-electron chi connectivity index (χ3n) is 13.9. The maximum absolute atomic E-state index is 6.52. The van der Waals surface area contributed by atoms with Crippen molar-refractivity contribution in [3.05, 3.63) is 158 Å². The first-order valence-corrected chi connectivity index (χ1v) is 23.0. The van der Waals surface area contributed by atoms with Gasteiger partial charge >= 0.3 is 0 Å². The highest BCUT2D eigenvalue weighted by molar-refractivity contribution is 6.31. The highest BCUT2D eigenvalue weighted by Crippen LogP contribution is 2.47. The zero-order chi connectivity index (χ0) is 41.9. The lowest BCUT2D eigenvalue weighted by Gasteiger charge is -2.35. The number of rotatable bonds is 8. The molecule has 0 bridgehead atoms. The van der Waals surface area contributed by atoms with Crippen molar-refractivity contribution >= 4 is 52.2 Å². The number of aliphatic imine (C=N–C) groups is 1. The fourth-order valence-electron chi connectivity index (χ4n) is 10.5. The van der Waals surface area contributed by atoms with E-state index >= 15 is 0 Å². The van der Waals surface area contributed by atoms with Crippen LogP contribution >= 0.6 is 23.2 Å². The van der Waals surface area contributed by atoms with Crippen LogP contribution < -0.4 is 5.32 Å². The fourth-order valence-corrected chi connectivity index (χ4v) is 10.9. The van der Waals surface area contributed by atoms with E-state index in [1.54, 1.807) is 0 Å². The second-order valence-electron chi connectivity index (χ2n) is 17.6. The van der Waals surface area contributed by atoms with E-state index in [1.165, 1.54) is 87.3 Å². The van der Waals surface area contributed by atoms with Gasteiger partial charge in [-0.15, -0.1) is 0 Å². The minimum atomic E-state index is 0. The van der Waals surface area contributed by atoms with Gasteiger partial charge in [-0.2, -0.15) is 0 Å². The van der Waals surface area contributed by atoms with Gasteiger partial charge in [0.25, 0.3) is 0 Å². The van der Waals surface area contributed by atoms with Gasteiger partial charge in [-0.25, -0.2) is 4.98 Å². The largest absolute Gasteiger partial charge is 0.335 e. The average molecular weight is 883 g/mol. The van der Waals surface area contributed by atoms with Gasteiger partial charge in [0.15, 0.2) is 0 Å². The first-order valence-electron chi connectivity index (χ1n) is 22.3. The van der Waals surface area contributed by atoms with E-state index in [1.807, 2.05) is 30.9 Å². The third-order valence-corrected chi connectivity index (χ3v) is 14.3. The lowest BCUT2D eigenvalue weighted by atomic mass is 9.76. The molecule has 0 radical (unpaired) electrons. The summed E-state index contributed by atoms with van der Waals surface area (Å²) in [5.41, 5.74) is 14.2. The van der Waals surface area contributed by atoms with E-state index in [9.17, 15) is 0 Å². The van der Waals surface area contributed by atoms with E-state index in [-0.39, 0.29) is 14.9 Å². The molecule has 0 spiro atoms. The Morgan fingerprint density at radius 3 is 1.81 bits per heavy atom. The summed E-state index contributed by atoms with van der Waals surface area (Å²) in [6, 6.07) is 21.5. The molecule has 63 heavy (non-hydrogen) atoms. The molecule has 5 aliphatic rings. The van der Waals surface area contributed by atoms with E-state index < -0.39 is 0 Å². The van der Waals surface area contributed by atoms with Crippen LogP contribution in [0.1, 0.15) is 129 Å². The van der Waals surface area contributed by atoms with Gasteiger partial charge in [0.2, 0.25) is 0 Å². The van der Waals surface area contributed by atoms with Crippen molar-refractivity contribution in [2.24, 2.45) is 22.7 Å². The molecule has 1 N–H and O–H groups in total. The van der Waals surface area contributed by atoms with Gasteiger partial charge in [0.1, 0.15) is 5.82 Å². The predicted molar refractivity (Wildman–Crippen MR) is 267 cm³/mol. The predicted octanol–water partition coefficient (Wildman–Crippen LogP) is 13.0. The minimum absolute atomic E-state index is 0. The number of benzene rings is 2. The Balaban J connectivity index is 0.000000183. The molecule has 2 fully saturated rings. The fraction of sp³-hybridized carbons (Fsp3) is 0.407. The summed E-state index contributed by atoms with van der Waals surface area (Å²) in [6.07, 6.45) is 24.5. The maximum Gasteiger partial charge on any atom is 0.105 e. The molecule has 3 aliphatic heterocycles. The van der Waals surface area contributed by atoms with Crippen LogP contribution in [0.2, 0.25) is 10.0 Å². The van der Waals surface area contributed by atoms with Gasteiger partial charge < -0.3 is 14.8 Å². The van der Waals surface area contributed by atoms with Crippen LogP contribution in [-0.2, 0) is 6.54 Å². The zero-order valence-corrected chi connectivity index (χ0v) is 37.2. The van der Waals surface area contributed by atoms with E-state index in [2.05, 4.69) is 125 Å². The van der Waals surface area contributed by atoms with Crippen molar-refractivity contribution in [1.29, 1.82) is 0 Å². The summed E-state index contributed by atoms with van der Waals surface area (Å²) in [5, 5.41) is 5.12. The zero-order valence-electron chi connectivity index (χ0n) is 35.7. The van der Waals surface area contributed by atoms with E-state index in [4.69, 9.17) is 33.2 Å². The lowest BCUT2D eigenvalue weighted by molar-refractivity contribution is 0.206. The molecular formula is C54H65Cl2N7. The van der Waals surface area contributed by atoms with Crippen LogP contribution in [0.4, 0.5) is 0 Å². The Morgan fingerprint density at radius 1 is 0.698 bits per heavy atom. The normalized spacial score (nSPS) is 20.7. The number of imidazole rings is 1. The topological polar surface area (TPSA) is 71.2 Å². The summed E-state index contributed by atoms with van der Waals surface area (Å²) in [5.74, 6) is 3.30. The van der Waals surface area contributed by atoms with Crippen LogP contribution in [0, 0.1) is 24.7 Å². The summed E-state index contributed by atoms with van der Waals surface area (Å²) >= 11 is 13.0. The molecule has 3 aromatic heterocycles. The lowest BCUT2D eigenvalue weighted by Crippen LogP contribution is -2.33. The molecule has 6 heterocycles. The molecule has 9 heteroatoms. The number of nitrogens with one attached hydrogen (secondary N) is 1. The number of aryl methyl sites for hydroxylation is 2. The smallest absolute Gasteiger partial charge is 0.105 e. The number of pyridine rings is 2. The van der Waals surface area contributed by atoms with Gasteiger partial charge in [-0.3, -0.25) is 15.0 Å². The molecule has 0 saturated carbocycles. The Kier molecular flexibility index (Phi) is 15.4. The van der Waals surface area contributed by atoms with Gasteiger partial charge in [-0.05, 0) is 197 Å². The van der Waals surface area contributed by atoms with Gasteiger partial charge in [0.05, 0.1) is 11.4 Å². The first kappa shape index (κ1) is 46.3. The Bertz CT molecular complexity index is 2480. The second kappa shape index (κ2) is 20.9. The molecule has 7 nitrogen and oxygen atoms in total. The number of hydrogen-bond acceptors (Lipinski definition) is 6. The summed E-state index contributed by atoms with van der Waals surface area (Å²) in [4.78, 5) is 21.1. The SMILES string of the molecule is C.C.CC1=NC=CC1CCC1=Cc2cccnc2C(C2CCNCC2)c2ccc(Cl)cc21.Cc1nccn1CCC1=Cc2cccnc2C(C2CCN(C)CC2)c2ccc(Cl)cc21. The number of aromatic nitrogens is 4. The Hall–Kier alpha value is -4.66. The third kappa shape index (κ3) is 10.2. The van der Waals surface area contributed by atoms with Gasteiger partial charge in [0, 0.05) is 71.0 Å². The maximum atomic E-state index is 6.52. The number of likely N-dealkylation sites (tertiary alicyclic amines) is 1. The first-order chi connectivity index (χ1) is 29.8. The summed E-state index contributed by atoms with van der Waals surface area (Å²) in [6.45, 7) is 9.54. The van der Waals surface area contributed by atoms with Gasteiger partial charge in [-0.1, -0.05) is 68.4 Å². The van der Waals surface area contributed by atoms with Crippen LogP contribution in [0.5, 0.6) is 0 Å². The van der Waals surface area contributed by atoms with Crippen LogP contribution in [0.3, 0.4) is 0 Å². The van der Waals surface area contributed by atoms with Crippen molar-refractivity contribution < 1.29 is 0 Å². The summed E-state index contributed by atoms with van der Waals surface area (Å²) in [7, 11) is 2.22. The Labute approximate surface area is 386 Å². The quantitative estimate of drug-likeness (QED) is 0.168. The van der Waals surface area contributed by atoms with E-state index in [0.29, 0.717) is 29.6 Å². The van der Waals surface area contributed by atoms with Crippen LogP contribution in [0.25, 0.3) is 23.3 Å². The van der Waals surface area contributed by atoms with Crippen molar-refractivity contribution in [3.63, 3.8) is 0 Å². The van der Waals surface area contributed by atoms with Crippen molar-refractivity contribution in [3.8, 4) is 0 Å². The van der Waals surface area contributed by atoms with Crippen molar-refractivity contribution in [2.45, 2.75) is 92.0 Å². The van der Waals surface area contributed by atoms with Crippen LogP contribution in [0.15, 0.2) is 103 Å². The molecule has 10 rings (SSSR count). The monoisotopic (exact) mass is 881 g/mol. The molecule has 2 aromatic carbocycles. The number of halogens is 2. The molecule has 2 saturated heterocycles. The highest BCUT2D eigenvalue weighted by Gasteiger charge is 2.35. The molecule has 0 amide bonds. The van der Waals surface area contributed by atoms with Crippen molar-refractivity contribution in [1.82, 2.24) is 29.7 Å². The number of fused-ring (bicyclic) bond motifs is 4. The second-order valence-corrected chi connectivity index (χ2v) is 18.5. The number of nitrogens with zero attached hydrogens (tertiary/aromatic N) is 6.